The third-order valence-corrected chi connectivity index (χ3v) is 4.63. The van der Waals surface area contributed by atoms with Crippen LogP contribution in [0.4, 0.5) is 4.39 Å². The first-order chi connectivity index (χ1) is 9.32. The van der Waals surface area contributed by atoms with Crippen LogP contribution in [0.5, 0.6) is 0 Å². The molecule has 2 rings (SSSR count). The molecule has 1 saturated carbocycles. The SMILES string of the molecule is CC1CCC(CNC(C)(C)C)(c2ccccc2F)CC1. The molecule has 1 aliphatic carbocycles. The summed E-state index contributed by atoms with van der Waals surface area (Å²) in [4.78, 5) is 0. The Morgan fingerprint density at radius 1 is 1.20 bits per heavy atom. The predicted octanol–water partition coefficient (Wildman–Crippen LogP) is 4.66. The average molecular weight is 277 g/mol. The molecule has 0 heterocycles. The topological polar surface area (TPSA) is 12.0 Å². The van der Waals surface area contributed by atoms with Crippen LogP contribution in [0, 0.1) is 11.7 Å². The first-order valence-corrected chi connectivity index (χ1v) is 7.82. The van der Waals surface area contributed by atoms with Gasteiger partial charge in [-0.3, -0.25) is 0 Å². The van der Waals surface area contributed by atoms with E-state index in [9.17, 15) is 4.39 Å². The fourth-order valence-corrected chi connectivity index (χ4v) is 3.18. The van der Waals surface area contributed by atoms with Gasteiger partial charge in [0.05, 0.1) is 0 Å². The molecule has 1 aliphatic rings. The van der Waals surface area contributed by atoms with Crippen molar-refractivity contribution in [1.29, 1.82) is 0 Å². The number of benzene rings is 1. The normalized spacial score (nSPS) is 27.6. The number of nitrogens with one attached hydrogen (secondary N) is 1. The summed E-state index contributed by atoms with van der Waals surface area (Å²) in [6.07, 6.45) is 4.55. The molecule has 1 aromatic carbocycles. The Kier molecular flexibility index (Phi) is 4.53. The quantitative estimate of drug-likeness (QED) is 0.847. The minimum absolute atomic E-state index is 0.0366. The molecule has 0 saturated heterocycles. The van der Waals surface area contributed by atoms with E-state index in [1.165, 1.54) is 12.8 Å². The van der Waals surface area contributed by atoms with Gasteiger partial charge in [0.25, 0.3) is 0 Å². The largest absolute Gasteiger partial charge is 0.311 e. The van der Waals surface area contributed by atoms with Crippen molar-refractivity contribution in [3.8, 4) is 0 Å². The van der Waals surface area contributed by atoms with Gasteiger partial charge in [-0.15, -0.1) is 0 Å². The molecule has 0 aliphatic heterocycles. The summed E-state index contributed by atoms with van der Waals surface area (Å²) in [6.45, 7) is 9.70. The second kappa shape index (κ2) is 5.85. The summed E-state index contributed by atoms with van der Waals surface area (Å²) < 4.78 is 14.3. The molecule has 0 spiro atoms. The maximum atomic E-state index is 14.3. The lowest BCUT2D eigenvalue weighted by atomic mass is 9.66. The van der Waals surface area contributed by atoms with Crippen molar-refractivity contribution in [2.45, 2.75) is 64.3 Å². The van der Waals surface area contributed by atoms with E-state index in [0.717, 1.165) is 30.9 Å². The molecule has 1 N–H and O–H groups in total. The van der Waals surface area contributed by atoms with Gasteiger partial charge >= 0.3 is 0 Å². The van der Waals surface area contributed by atoms with Gasteiger partial charge in [0.15, 0.2) is 0 Å². The van der Waals surface area contributed by atoms with Gasteiger partial charge in [0, 0.05) is 17.5 Å². The Morgan fingerprint density at radius 2 is 1.80 bits per heavy atom. The van der Waals surface area contributed by atoms with Crippen LogP contribution in [0.25, 0.3) is 0 Å². The fraction of sp³-hybridized carbons (Fsp3) is 0.667. The summed E-state index contributed by atoms with van der Waals surface area (Å²) in [5.74, 6) is 0.724. The zero-order valence-corrected chi connectivity index (χ0v) is 13.3. The highest BCUT2D eigenvalue weighted by Gasteiger charge is 2.38. The van der Waals surface area contributed by atoms with E-state index in [-0.39, 0.29) is 16.8 Å². The molecule has 0 unspecified atom stereocenters. The van der Waals surface area contributed by atoms with Gasteiger partial charge in [-0.1, -0.05) is 25.1 Å². The van der Waals surface area contributed by atoms with Crippen molar-refractivity contribution in [3.05, 3.63) is 35.6 Å². The molecule has 0 bridgehead atoms. The van der Waals surface area contributed by atoms with Crippen LogP contribution in [0.15, 0.2) is 24.3 Å². The van der Waals surface area contributed by atoms with E-state index in [1.807, 2.05) is 12.1 Å². The van der Waals surface area contributed by atoms with E-state index in [4.69, 9.17) is 0 Å². The molecule has 1 aromatic rings. The number of halogens is 1. The lowest BCUT2D eigenvalue weighted by Crippen LogP contribution is -2.48. The molecule has 0 aromatic heterocycles. The molecule has 0 amide bonds. The van der Waals surface area contributed by atoms with E-state index < -0.39 is 0 Å². The lowest BCUT2D eigenvalue weighted by molar-refractivity contribution is 0.212. The van der Waals surface area contributed by atoms with Crippen LogP contribution in [-0.4, -0.2) is 12.1 Å². The minimum Gasteiger partial charge on any atom is -0.311 e. The van der Waals surface area contributed by atoms with Gasteiger partial charge in [0.2, 0.25) is 0 Å². The average Bonchev–Trinajstić information content (AvgIpc) is 2.39. The van der Waals surface area contributed by atoms with Crippen LogP contribution in [0.2, 0.25) is 0 Å². The standard InChI is InChI=1S/C18H28FN/c1-14-9-11-18(12-10-14,13-20-17(2,3)4)15-7-5-6-8-16(15)19/h5-8,14,20H,9-13H2,1-4H3. The molecule has 0 atom stereocenters. The van der Waals surface area contributed by atoms with Crippen molar-refractivity contribution in [3.63, 3.8) is 0 Å². The van der Waals surface area contributed by atoms with Crippen LogP contribution >= 0.6 is 0 Å². The van der Waals surface area contributed by atoms with Crippen molar-refractivity contribution in [1.82, 2.24) is 5.32 Å². The van der Waals surface area contributed by atoms with Crippen LogP contribution < -0.4 is 5.32 Å². The van der Waals surface area contributed by atoms with Gasteiger partial charge < -0.3 is 5.32 Å². The summed E-state index contributed by atoms with van der Waals surface area (Å²) in [5, 5.41) is 3.61. The van der Waals surface area contributed by atoms with Crippen LogP contribution in [0.3, 0.4) is 0 Å². The van der Waals surface area contributed by atoms with Crippen molar-refractivity contribution < 1.29 is 4.39 Å². The van der Waals surface area contributed by atoms with Crippen LogP contribution in [-0.2, 0) is 5.41 Å². The molecular formula is C18H28FN. The third-order valence-electron chi connectivity index (χ3n) is 4.63. The molecule has 0 radical (unpaired) electrons. The Bertz CT molecular complexity index is 439. The van der Waals surface area contributed by atoms with Gasteiger partial charge in [-0.2, -0.15) is 0 Å². The zero-order chi connectivity index (χ0) is 14.8. The molecule has 2 heteroatoms. The van der Waals surface area contributed by atoms with E-state index in [0.29, 0.717) is 0 Å². The number of hydrogen-bond donors (Lipinski definition) is 1. The first-order valence-electron chi connectivity index (χ1n) is 7.82. The molecule has 112 valence electrons. The Morgan fingerprint density at radius 3 is 2.35 bits per heavy atom. The van der Waals surface area contributed by atoms with Crippen molar-refractivity contribution in [2.75, 3.05) is 6.54 Å². The summed E-state index contributed by atoms with van der Waals surface area (Å²) in [7, 11) is 0. The Balaban J connectivity index is 2.27. The highest BCUT2D eigenvalue weighted by molar-refractivity contribution is 5.28. The van der Waals surface area contributed by atoms with Crippen molar-refractivity contribution >= 4 is 0 Å². The van der Waals surface area contributed by atoms with Crippen molar-refractivity contribution in [2.24, 2.45) is 5.92 Å². The highest BCUT2D eigenvalue weighted by atomic mass is 19.1. The Hall–Kier alpha value is -0.890. The van der Waals surface area contributed by atoms with E-state index in [2.05, 4.69) is 33.0 Å². The molecule has 1 nitrogen and oxygen atoms in total. The summed E-state index contributed by atoms with van der Waals surface area (Å²) in [6, 6.07) is 7.34. The molecular weight excluding hydrogens is 249 g/mol. The first kappa shape index (κ1) is 15.5. The number of hydrogen-bond acceptors (Lipinski definition) is 1. The van der Waals surface area contributed by atoms with E-state index >= 15 is 0 Å². The predicted molar refractivity (Wildman–Crippen MR) is 83.5 cm³/mol. The van der Waals surface area contributed by atoms with E-state index in [1.54, 1.807) is 12.1 Å². The maximum absolute atomic E-state index is 14.3. The zero-order valence-electron chi connectivity index (χ0n) is 13.3. The second-order valence-electron chi connectivity index (χ2n) is 7.55. The maximum Gasteiger partial charge on any atom is 0.127 e. The second-order valence-corrected chi connectivity index (χ2v) is 7.55. The van der Waals surface area contributed by atoms with Gasteiger partial charge in [0.1, 0.15) is 5.82 Å². The van der Waals surface area contributed by atoms with Gasteiger partial charge in [-0.05, 0) is 64.0 Å². The molecule has 1 fully saturated rings. The fourth-order valence-electron chi connectivity index (χ4n) is 3.18. The highest BCUT2D eigenvalue weighted by Crippen LogP contribution is 2.42. The summed E-state index contributed by atoms with van der Waals surface area (Å²) in [5.41, 5.74) is 0.940. The molecule has 20 heavy (non-hydrogen) atoms. The monoisotopic (exact) mass is 277 g/mol. The number of rotatable bonds is 3. The summed E-state index contributed by atoms with van der Waals surface area (Å²) >= 11 is 0. The lowest BCUT2D eigenvalue weighted by Gasteiger charge is -2.42. The Labute approximate surface area is 123 Å². The van der Waals surface area contributed by atoms with Crippen LogP contribution in [0.1, 0.15) is 58.9 Å². The smallest absolute Gasteiger partial charge is 0.127 e. The van der Waals surface area contributed by atoms with Gasteiger partial charge in [-0.25, -0.2) is 4.39 Å². The third kappa shape index (κ3) is 3.60. The minimum atomic E-state index is -0.0437.